The third-order valence-electron chi connectivity index (χ3n) is 1.97. The predicted molar refractivity (Wildman–Crippen MR) is 57.3 cm³/mol. The number of amides is 1. The highest BCUT2D eigenvalue weighted by Gasteiger charge is 2.15. The van der Waals surface area contributed by atoms with Gasteiger partial charge in [-0.2, -0.15) is 0 Å². The van der Waals surface area contributed by atoms with Gasteiger partial charge in [0.05, 0.1) is 11.7 Å². The van der Waals surface area contributed by atoms with Crippen LogP contribution >= 0.6 is 0 Å². The lowest BCUT2D eigenvalue weighted by atomic mass is 10.2. The molecule has 1 atom stereocenters. The fourth-order valence-corrected chi connectivity index (χ4v) is 1.27. The van der Waals surface area contributed by atoms with Crippen LogP contribution in [0.1, 0.15) is 17.3 Å². The number of nitrogens with zero attached hydrogens (tertiary/aromatic N) is 2. The van der Waals surface area contributed by atoms with Gasteiger partial charge in [0, 0.05) is 31.7 Å². The van der Waals surface area contributed by atoms with Gasteiger partial charge < -0.3 is 15.7 Å². The first kappa shape index (κ1) is 11.5. The van der Waals surface area contributed by atoms with E-state index in [-0.39, 0.29) is 12.5 Å². The van der Waals surface area contributed by atoms with Gasteiger partial charge in [-0.15, -0.1) is 0 Å². The molecule has 1 rings (SSSR count). The predicted octanol–water partition coefficient (Wildman–Crippen LogP) is 0.117. The van der Waals surface area contributed by atoms with E-state index in [9.17, 15) is 4.79 Å². The molecule has 0 saturated heterocycles. The van der Waals surface area contributed by atoms with Crippen molar-refractivity contribution in [2.75, 3.05) is 19.3 Å². The maximum absolute atomic E-state index is 11.8. The van der Waals surface area contributed by atoms with Crippen LogP contribution in [0.4, 0.5) is 5.69 Å². The SMILES string of the molecule is CC(O)CN(C)C(=O)c1cnccc1N. The molecule has 1 heterocycles. The van der Waals surface area contributed by atoms with E-state index in [2.05, 4.69) is 4.98 Å². The highest BCUT2D eigenvalue weighted by Crippen LogP contribution is 2.11. The lowest BCUT2D eigenvalue weighted by Crippen LogP contribution is -2.33. The second-order valence-corrected chi connectivity index (χ2v) is 3.50. The number of hydrogen-bond acceptors (Lipinski definition) is 4. The van der Waals surface area contributed by atoms with Crippen LogP contribution in [0, 0.1) is 0 Å². The molecule has 1 amide bonds. The van der Waals surface area contributed by atoms with Crippen molar-refractivity contribution in [2.45, 2.75) is 13.0 Å². The summed E-state index contributed by atoms with van der Waals surface area (Å²) in [6.07, 6.45) is 2.40. The number of aromatic nitrogens is 1. The fourth-order valence-electron chi connectivity index (χ4n) is 1.27. The minimum absolute atomic E-state index is 0.235. The van der Waals surface area contributed by atoms with E-state index >= 15 is 0 Å². The molecule has 3 N–H and O–H groups in total. The van der Waals surface area contributed by atoms with Crippen molar-refractivity contribution in [3.05, 3.63) is 24.0 Å². The first-order valence-electron chi connectivity index (χ1n) is 4.65. The normalized spacial score (nSPS) is 12.2. The maximum Gasteiger partial charge on any atom is 0.257 e. The molecule has 1 unspecified atom stereocenters. The molecular formula is C10H15N3O2. The van der Waals surface area contributed by atoms with Crippen LogP contribution in [0.25, 0.3) is 0 Å². The molecular weight excluding hydrogens is 194 g/mol. The Hall–Kier alpha value is -1.62. The molecule has 82 valence electrons. The van der Waals surface area contributed by atoms with Gasteiger partial charge in [0.25, 0.3) is 5.91 Å². The molecule has 0 radical (unpaired) electrons. The topological polar surface area (TPSA) is 79.5 Å². The van der Waals surface area contributed by atoms with Gasteiger partial charge in [0.15, 0.2) is 0 Å². The Morgan fingerprint density at radius 2 is 2.40 bits per heavy atom. The Kier molecular flexibility index (Phi) is 3.62. The van der Waals surface area contributed by atoms with Crippen LogP contribution in [0.2, 0.25) is 0 Å². The molecule has 0 aliphatic heterocycles. The average Bonchev–Trinajstić information content (AvgIpc) is 2.16. The average molecular weight is 209 g/mol. The summed E-state index contributed by atoms with van der Waals surface area (Å²) in [4.78, 5) is 17.0. The van der Waals surface area contributed by atoms with Gasteiger partial charge in [-0.05, 0) is 13.0 Å². The Labute approximate surface area is 88.5 Å². The summed E-state index contributed by atoms with van der Waals surface area (Å²) in [5.74, 6) is -0.235. The van der Waals surface area contributed by atoms with Crippen LogP contribution in [-0.4, -0.2) is 40.6 Å². The van der Waals surface area contributed by atoms with Crippen LogP contribution in [0.3, 0.4) is 0 Å². The standard InChI is InChI=1S/C10H15N3O2/c1-7(14)6-13(2)10(15)8-5-12-4-3-9(8)11/h3-5,7,14H,6H2,1-2H3,(H2,11,12). The number of hydrogen-bond donors (Lipinski definition) is 2. The lowest BCUT2D eigenvalue weighted by Gasteiger charge is -2.19. The van der Waals surface area contributed by atoms with E-state index in [1.54, 1.807) is 20.0 Å². The lowest BCUT2D eigenvalue weighted by molar-refractivity contribution is 0.0704. The number of rotatable bonds is 3. The van der Waals surface area contributed by atoms with Crippen molar-refractivity contribution in [3.8, 4) is 0 Å². The van der Waals surface area contributed by atoms with E-state index < -0.39 is 6.10 Å². The molecule has 5 heteroatoms. The Bertz CT molecular complexity index is 352. The van der Waals surface area contributed by atoms with Gasteiger partial charge in [-0.1, -0.05) is 0 Å². The number of aliphatic hydroxyl groups excluding tert-OH is 1. The van der Waals surface area contributed by atoms with Crippen LogP contribution < -0.4 is 5.73 Å². The van der Waals surface area contributed by atoms with Crippen LogP contribution in [0.15, 0.2) is 18.5 Å². The summed E-state index contributed by atoms with van der Waals surface area (Å²) in [6.45, 7) is 1.89. The number of carbonyl (C=O) groups is 1. The molecule has 0 saturated carbocycles. The molecule has 0 bridgehead atoms. The molecule has 0 aliphatic carbocycles. The Balaban J connectivity index is 2.81. The third kappa shape index (κ3) is 2.92. The molecule has 1 aromatic heterocycles. The molecule has 0 spiro atoms. The minimum Gasteiger partial charge on any atom is -0.398 e. The van der Waals surface area contributed by atoms with Gasteiger partial charge in [0.1, 0.15) is 0 Å². The Morgan fingerprint density at radius 3 is 2.93 bits per heavy atom. The second-order valence-electron chi connectivity index (χ2n) is 3.50. The number of nitrogens with two attached hydrogens (primary N) is 1. The number of carbonyl (C=O) groups excluding carboxylic acids is 1. The number of nitrogen functional groups attached to an aromatic ring is 1. The second kappa shape index (κ2) is 4.75. The third-order valence-corrected chi connectivity index (χ3v) is 1.97. The Morgan fingerprint density at radius 1 is 1.73 bits per heavy atom. The fraction of sp³-hybridized carbons (Fsp3) is 0.400. The number of aliphatic hydroxyl groups is 1. The molecule has 5 nitrogen and oxygen atoms in total. The summed E-state index contributed by atoms with van der Waals surface area (Å²) < 4.78 is 0. The minimum atomic E-state index is -0.558. The highest BCUT2D eigenvalue weighted by molar-refractivity contribution is 5.98. The van der Waals surface area contributed by atoms with Crippen LogP contribution in [-0.2, 0) is 0 Å². The van der Waals surface area contributed by atoms with Gasteiger partial charge in [-0.3, -0.25) is 9.78 Å². The molecule has 0 fully saturated rings. The summed E-state index contributed by atoms with van der Waals surface area (Å²) in [6, 6.07) is 1.57. The van der Waals surface area contributed by atoms with E-state index in [4.69, 9.17) is 10.8 Å². The highest BCUT2D eigenvalue weighted by atomic mass is 16.3. The quantitative estimate of drug-likeness (QED) is 0.740. The van der Waals surface area contributed by atoms with Gasteiger partial charge in [0.2, 0.25) is 0 Å². The van der Waals surface area contributed by atoms with Crippen molar-refractivity contribution in [1.29, 1.82) is 0 Å². The molecule has 1 aromatic rings. The van der Waals surface area contributed by atoms with Crippen molar-refractivity contribution in [1.82, 2.24) is 9.88 Å². The summed E-state index contributed by atoms with van der Waals surface area (Å²) in [7, 11) is 1.61. The molecule has 15 heavy (non-hydrogen) atoms. The monoisotopic (exact) mass is 209 g/mol. The zero-order valence-corrected chi connectivity index (χ0v) is 8.84. The first-order chi connectivity index (χ1) is 7.02. The number of likely N-dealkylation sites (N-methyl/N-ethyl adjacent to an activating group) is 1. The summed E-state index contributed by atoms with van der Waals surface area (Å²) in [5.41, 5.74) is 6.40. The van der Waals surface area contributed by atoms with E-state index in [0.717, 1.165) is 0 Å². The zero-order valence-electron chi connectivity index (χ0n) is 8.84. The van der Waals surface area contributed by atoms with Crippen molar-refractivity contribution >= 4 is 11.6 Å². The van der Waals surface area contributed by atoms with Crippen molar-refractivity contribution < 1.29 is 9.90 Å². The summed E-state index contributed by atoms with van der Waals surface area (Å²) >= 11 is 0. The van der Waals surface area contributed by atoms with Gasteiger partial charge >= 0.3 is 0 Å². The first-order valence-corrected chi connectivity index (χ1v) is 4.65. The molecule has 0 aromatic carbocycles. The maximum atomic E-state index is 11.8. The van der Waals surface area contributed by atoms with Gasteiger partial charge in [-0.25, -0.2) is 0 Å². The van der Waals surface area contributed by atoms with Crippen LogP contribution in [0.5, 0.6) is 0 Å². The number of anilines is 1. The number of pyridine rings is 1. The smallest absolute Gasteiger partial charge is 0.257 e. The van der Waals surface area contributed by atoms with E-state index in [1.807, 2.05) is 0 Å². The molecule has 0 aliphatic rings. The van der Waals surface area contributed by atoms with Crippen molar-refractivity contribution in [3.63, 3.8) is 0 Å². The van der Waals surface area contributed by atoms with E-state index in [0.29, 0.717) is 11.3 Å². The summed E-state index contributed by atoms with van der Waals surface area (Å²) in [5, 5.41) is 9.15. The largest absolute Gasteiger partial charge is 0.398 e. The van der Waals surface area contributed by atoms with Crippen molar-refractivity contribution in [2.24, 2.45) is 0 Å². The van der Waals surface area contributed by atoms with E-state index in [1.165, 1.54) is 17.3 Å². The zero-order chi connectivity index (χ0) is 11.4.